The maximum absolute atomic E-state index is 13.9. The number of aromatic nitrogens is 2. The van der Waals surface area contributed by atoms with Crippen molar-refractivity contribution in [3.8, 4) is 17.0 Å². The Balaban J connectivity index is 1.88. The molecular weight excluding hydrogens is 416 g/mol. The Hall–Kier alpha value is -3.40. The topological polar surface area (TPSA) is 79.3 Å². The zero-order valence-corrected chi connectivity index (χ0v) is 16.3. The van der Waals surface area contributed by atoms with Gasteiger partial charge in [0.1, 0.15) is 17.4 Å². The van der Waals surface area contributed by atoms with E-state index in [1.807, 2.05) is 0 Å². The first-order valence-electron chi connectivity index (χ1n) is 9.41. The van der Waals surface area contributed by atoms with Crippen LogP contribution in [0.2, 0.25) is 0 Å². The Labute approximate surface area is 175 Å². The number of ether oxygens (including phenoxy) is 1. The van der Waals surface area contributed by atoms with Crippen LogP contribution in [0.15, 0.2) is 54.6 Å². The third-order valence-corrected chi connectivity index (χ3v) is 4.13. The lowest BCUT2D eigenvalue weighted by Crippen LogP contribution is -2.17. The van der Waals surface area contributed by atoms with Crippen LogP contribution < -0.4 is 15.4 Å². The van der Waals surface area contributed by atoms with Crippen molar-refractivity contribution in [3.05, 3.63) is 66.0 Å². The van der Waals surface area contributed by atoms with Crippen molar-refractivity contribution in [1.29, 1.82) is 0 Å². The third-order valence-electron chi connectivity index (χ3n) is 4.13. The molecule has 0 atom stereocenters. The molecule has 0 fully saturated rings. The summed E-state index contributed by atoms with van der Waals surface area (Å²) in [6.45, 7) is 0.516. The predicted molar refractivity (Wildman–Crippen MR) is 108 cm³/mol. The Morgan fingerprint density at radius 2 is 1.77 bits per heavy atom. The maximum Gasteiger partial charge on any atom is 0.573 e. The quantitative estimate of drug-likeness (QED) is 0.337. The van der Waals surface area contributed by atoms with Crippen molar-refractivity contribution < 1.29 is 27.4 Å². The van der Waals surface area contributed by atoms with Crippen molar-refractivity contribution in [2.45, 2.75) is 19.3 Å². The number of aliphatic hydroxyl groups excluding tert-OH is 1. The molecule has 0 saturated heterocycles. The van der Waals surface area contributed by atoms with Gasteiger partial charge in [-0.3, -0.25) is 0 Å². The van der Waals surface area contributed by atoms with Gasteiger partial charge in [-0.15, -0.1) is 13.2 Å². The molecule has 0 aliphatic rings. The second-order valence-corrected chi connectivity index (χ2v) is 6.49. The molecule has 0 radical (unpaired) electrons. The summed E-state index contributed by atoms with van der Waals surface area (Å²) in [7, 11) is 0. The smallest absolute Gasteiger partial charge is 0.406 e. The van der Waals surface area contributed by atoms with Crippen molar-refractivity contribution in [3.63, 3.8) is 0 Å². The third kappa shape index (κ3) is 6.82. The Kier molecular flexibility index (Phi) is 7.24. The highest BCUT2D eigenvalue weighted by Crippen LogP contribution is 2.28. The molecule has 164 valence electrons. The van der Waals surface area contributed by atoms with E-state index in [4.69, 9.17) is 5.11 Å². The summed E-state index contributed by atoms with van der Waals surface area (Å²) in [5, 5.41) is 14.9. The number of nitrogens with zero attached hydrogens (tertiary/aromatic N) is 2. The molecule has 0 aliphatic heterocycles. The lowest BCUT2D eigenvalue weighted by atomic mass is 10.1. The highest BCUT2D eigenvalue weighted by Gasteiger charge is 2.31. The molecule has 3 N–H and O–H groups in total. The molecule has 2 aromatic carbocycles. The van der Waals surface area contributed by atoms with Gasteiger partial charge in [0, 0.05) is 36.9 Å². The van der Waals surface area contributed by atoms with Gasteiger partial charge >= 0.3 is 6.36 Å². The fourth-order valence-corrected chi connectivity index (χ4v) is 2.72. The molecule has 0 saturated carbocycles. The molecule has 3 rings (SSSR count). The number of anilines is 2. The van der Waals surface area contributed by atoms with Crippen LogP contribution in [0.1, 0.15) is 12.0 Å². The van der Waals surface area contributed by atoms with Gasteiger partial charge in [-0.05, 0) is 24.6 Å². The molecular formula is C21H20F4N4O2. The van der Waals surface area contributed by atoms with Crippen LogP contribution in [0.4, 0.5) is 29.3 Å². The van der Waals surface area contributed by atoms with E-state index >= 15 is 0 Å². The number of hydrogen-bond donors (Lipinski definition) is 3. The van der Waals surface area contributed by atoms with Crippen molar-refractivity contribution in [1.82, 2.24) is 9.97 Å². The van der Waals surface area contributed by atoms with Crippen LogP contribution in [-0.4, -0.2) is 34.6 Å². The van der Waals surface area contributed by atoms with E-state index in [-0.39, 0.29) is 30.7 Å². The van der Waals surface area contributed by atoms with Gasteiger partial charge in [-0.25, -0.2) is 9.37 Å². The monoisotopic (exact) mass is 436 g/mol. The lowest BCUT2D eigenvalue weighted by molar-refractivity contribution is -0.274. The van der Waals surface area contributed by atoms with Crippen LogP contribution in [0.3, 0.4) is 0 Å². The summed E-state index contributed by atoms with van der Waals surface area (Å²) in [5.74, 6) is -0.187. The second-order valence-electron chi connectivity index (χ2n) is 6.49. The van der Waals surface area contributed by atoms with Crippen molar-refractivity contribution >= 4 is 11.8 Å². The average molecular weight is 436 g/mol. The first kappa shape index (κ1) is 22.3. The van der Waals surface area contributed by atoms with E-state index in [9.17, 15) is 17.6 Å². The number of rotatable bonds is 9. The highest BCUT2D eigenvalue weighted by atomic mass is 19.4. The summed E-state index contributed by atoms with van der Waals surface area (Å²) in [4.78, 5) is 8.64. The van der Waals surface area contributed by atoms with Crippen LogP contribution >= 0.6 is 0 Å². The number of hydrogen-bond acceptors (Lipinski definition) is 6. The Morgan fingerprint density at radius 3 is 2.52 bits per heavy atom. The number of halogens is 4. The molecule has 0 spiro atoms. The minimum atomic E-state index is -4.81. The Bertz CT molecular complexity index is 1010. The van der Waals surface area contributed by atoms with E-state index in [2.05, 4.69) is 25.3 Å². The first-order chi connectivity index (χ1) is 14.8. The molecule has 1 aromatic heterocycles. The van der Waals surface area contributed by atoms with E-state index < -0.39 is 6.36 Å². The van der Waals surface area contributed by atoms with Gasteiger partial charge in [0.15, 0.2) is 0 Å². The van der Waals surface area contributed by atoms with E-state index in [1.165, 1.54) is 24.3 Å². The van der Waals surface area contributed by atoms with E-state index in [1.54, 1.807) is 30.3 Å². The van der Waals surface area contributed by atoms with E-state index in [0.29, 0.717) is 35.6 Å². The number of benzene rings is 2. The summed E-state index contributed by atoms with van der Waals surface area (Å²) >= 11 is 0. The van der Waals surface area contributed by atoms with Crippen LogP contribution in [0, 0.1) is 5.82 Å². The lowest BCUT2D eigenvalue weighted by Gasteiger charge is -2.13. The summed E-state index contributed by atoms with van der Waals surface area (Å²) < 4.78 is 55.5. The number of aliphatic hydroxyl groups is 1. The fourth-order valence-electron chi connectivity index (χ4n) is 2.72. The van der Waals surface area contributed by atoms with Gasteiger partial charge in [0.2, 0.25) is 5.95 Å². The van der Waals surface area contributed by atoms with Crippen LogP contribution in [-0.2, 0) is 6.54 Å². The molecule has 0 aliphatic carbocycles. The zero-order chi connectivity index (χ0) is 22.3. The van der Waals surface area contributed by atoms with Gasteiger partial charge in [0.05, 0.1) is 5.69 Å². The number of nitrogens with one attached hydrogen (secondary N) is 2. The van der Waals surface area contributed by atoms with Crippen LogP contribution in [0.5, 0.6) is 5.75 Å². The molecule has 10 heteroatoms. The SMILES string of the molecule is OCCCNc1nc(NCc2ccccc2F)cc(-c2cccc(OC(F)(F)F)c2)n1. The van der Waals surface area contributed by atoms with Gasteiger partial charge in [-0.2, -0.15) is 4.98 Å². The number of alkyl halides is 3. The molecule has 1 heterocycles. The summed E-state index contributed by atoms with van der Waals surface area (Å²) in [5.41, 5.74) is 1.14. The normalized spacial score (nSPS) is 11.3. The second kappa shape index (κ2) is 10.1. The first-order valence-corrected chi connectivity index (χ1v) is 9.41. The largest absolute Gasteiger partial charge is 0.573 e. The van der Waals surface area contributed by atoms with Crippen LogP contribution in [0.25, 0.3) is 11.3 Å². The summed E-state index contributed by atoms with van der Waals surface area (Å²) in [6.07, 6.45) is -4.35. The molecule has 0 unspecified atom stereocenters. The zero-order valence-electron chi connectivity index (χ0n) is 16.3. The molecule has 31 heavy (non-hydrogen) atoms. The highest BCUT2D eigenvalue weighted by molar-refractivity contribution is 5.66. The Morgan fingerprint density at radius 1 is 0.968 bits per heavy atom. The molecule has 0 bridgehead atoms. The van der Waals surface area contributed by atoms with Crippen molar-refractivity contribution in [2.75, 3.05) is 23.8 Å². The fraction of sp³-hybridized carbons (Fsp3) is 0.238. The standard InChI is InChI=1S/C21H20F4N4O2/c22-17-8-2-1-5-15(17)13-27-19-12-18(28-20(29-19)26-9-4-10-30)14-6-3-7-16(11-14)31-21(23,24)25/h1-3,5-8,11-12,30H,4,9-10,13H2,(H2,26,27,28,29). The molecule has 0 amide bonds. The predicted octanol–water partition coefficient (Wildman–Crippen LogP) is 4.59. The minimum Gasteiger partial charge on any atom is -0.406 e. The average Bonchev–Trinajstić information content (AvgIpc) is 2.72. The molecule has 3 aromatic rings. The summed E-state index contributed by atoms with van der Waals surface area (Å²) in [6, 6.07) is 13.2. The van der Waals surface area contributed by atoms with Gasteiger partial charge in [0.25, 0.3) is 0 Å². The van der Waals surface area contributed by atoms with Gasteiger partial charge in [-0.1, -0.05) is 30.3 Å². The molecule has 6 nitrogen and oxygen atoms in total. The maximum atomic E-state index is 13.9. The van der Waals surface area contributed by atoms with E-state index in [0.717, 1.165) is 0 Å². The minimum absolute atomic E-state index is 0.0259. The van der Waals surface area contributed by atoms with Crippen molar-refractivity contribution in [2.24, 2.45) is 0 Å². The van der Waals surface area contributed by atoms with Gasteiger partial charge < -0.3 is 20.5 Å².